The van der Waals surface area contributed by atoms with Crippen LogP contribution in [0.25, 0.3) is 0 Å². The van der Waals surface area contributed by atoms with Crippen LogP contribution in [0.15, 0.2) is 64.5 Å². The van der Waals surface area contributed by atoms with E-state index in [2.05, 4.69) is 4.99 Å². The van der Waals surface area contributed by atoms with Crippen molar-refractivity contribution in [2.45, 2.75) is 16.2 Å². The van der Waals surface area contributed by atoms with Crippen molar-refractivity contribution >= 4 is 23.7 Å². The zero-order valence-electron chi connectivity index (χ0n) is 9.73. The highest BCUT2D eigenvalue weighted by Gasteiger charge is 2.24. The highest BCUT2D eigenvalue weighted by Crippen LogP contribution is 2.43. The Morgan fingerprint density at radius 1 is 0.944 bits per heavy atom. The molecule has 0 aromatic heterocycles. The summed E-state index contributed by atoms with van der Waals surface area (Å²) in [6.07, 6.45) is 1.07. The van der Waals surface area contributed by atoms with Crippen LogP contribution in [0.5, 0.6) is 0 Å². The second kappa shape index (κ2) is 4.96. The molecule has 18 heavy (non-hydrogen) atoms. The molecule has 90 valence electrons. The quantitative estimate of drug-likeness (QED) is 0.844. The second-order valence-corrected chi connectivity index (χ2v) is 5.37. The minimum atomic E-state index is -0.565. The number of thioether (sulfide) groups is 1. The summed E-state index contributed by atoms with van der Waals surface area (Å²) in [5.74, 6) is 0. The van der Waals surface area contributed by atoms with E-state index in [1.165, 1.54) is 0 Å². The third-order valence-electron chi connectivity index (χ3n) is 2.92. The van der Waals surface area contributed by atoms with E-state index in [4.69, 9.17) is 0 Å². The first-order valence-corrected chi connectivity index (χ1v) is 6.75. The van der Waals surface area contributed by atoms with Gasteiger partial charge in [0.15, 0.2) is 0 Å². The van der Waals surface area contributed by atoms with Gasteiger partial charge in [-0.1, -0.05) is 42.5 Å². The van der Waals surface area contributed by atoms with Gasteiger partial charge in [-0.25, -0.2) is 0 Å². The maximum Gasteiger partial charge on any atom is 0.105 e. The fraction of sp³-hybridized carbons (Fsp3) is 0.133. The van der Waals surface area contributed by atoms with Crippen LogP contribution >= 0.6 is 11.8 Å². The normalized spacial score (nSPS) is 22.3. The number of nitrogens with zero attached hydrogens (tertiary/aromatic N) is 1. The Morgan fingerprint density at radius 2 is 1.67 bits per heavy atom. The van der Waals surface area contributed by atoms with Crippen molar-refractivity contribution in [3.8, 4) is 0 Å². The van der Waals surface area contributed by atoms with Crippen LogP contribution in [0.4, 0.5) is 5.69 Å². The van der Waals surface area contributed by atoms with E-state index in [0.29, 0.717) is 0 Å². The summed E-state index contributed by atoms with van der Waals surface area (Å²) in [5, 5.41) is 10.2. The van der Waals surface area contributed by atoms with Crippen LogP contribution in [-0.2, 0) is 0 Å². The molecule has 0 amide bonds. The summed E-state index contributed by atoms with van der Waals surface area (Å²) in [7, 11) is 0. The lowest BCUT2D eigenvalue weighted by Crippen LogP contribution is -2.16. The molecule has 1 heterocycles. The molecular formula is C15H13NOS. The van der Waals surface area contributed by atoms with E-state index in [9.17, 15) is 5.11 Å². The molecular weight excluding hydrogens is 242 g/mol. The maximum absolute atomic E-state index is 10.2. The monoisotopic (exact) mass is 255 g/mol. The Kier molecular flexibility index (Phi) is 3.17. The number of aliphatic hydroxyl groups is 1. The van der Waals surface area contributed by atoms with Gasteiger partial charge < -0.3 is 5.11 Å². The Bertz CT molecular complexity index is 568. The molecule has 0 radical (unpaired) electrons. The molecule has 0 saturated heterocycles. The predicted octanol–water partition coefficient (Wildman–Crippen LogP) is 3.60. The molecule has 0 saturated carbocycles. The van der Waals surface area contributed by atoms with Crippen LogP contribution in [-0.4, -0.2) is 17.4 Å². The van der Waals surface area contributed by atoms with Crippen molar-refractivity contribution in [3.05, 3.63) is 60.2 Å². The van der Waals surface area contributed by atoms with E-state index in [-0.39, 0.29) is 5.25 Å². The number of aliphatic hydroxyl groups excluding tert-OH is 1. The number of fused-ring (bicyclic) bond motifs is 1. The summed E-state index contributed by atoms with van der Waals surface area (Å²) in [4.78, 5) is 5.46. The molecule has 3 heteroatoms. The number of rotatable bonds is 1. The van der Waals surface area contributed by atoms with Crippen molar-refractivity contribution < 1.29 is 5.11 Å². The Labute approximate surface area is 110 Å². The molecule has 2 aromatic carbocycles. The first-order chi connectivity index (χ1) is 8.84. The zero-order chi connectivity index (χ0) is 12.4. The lowest BCUT2D eigenvalue weighted by molar-refractivity contribution is 0.244. The van der Waals surface area contributed by atoms with E-state index in [1.807, 2.05) is 54.6 Å². The summed E-state index contributed by atoms with van der Waals surface area (Å²) >= 11 is 1.66. The Morgan fingerprint density at radius 3 is 2.50 bits per heavy atom. The van der Waals surface area contributed by atoms with Crippen LogP contribution in [0.1, 0.15) is 10.8 Å². The van der Waals surface area contributed by atoms with Gasteiger partial charge in [-0.05, 0) is 17.7 Å². The van der Waals surface area contributed by atoms with Gasteiger partial charge >= 0.3 is 0 Å². The molecule has 1 N–H and O–H groups in total. The average Bonchev–Trinajstić information content (AvgIpc) is 2.60. The van der Waals surface area contributed by atoms with Crippen molar-refractivity contribution in [2.75, 3.05) is 0 Å². The molecule has 0 fully saturated rings. The molecule has 0 aliphatic carbocycles. The van der Waals surface area contributed by atoms with E-state index < -0.39 is 6.10 Å². The lowest BCUT2D eigenvalue weighted by atomic mass is 10.1. The number of aliphatic imine (C=N–C) groups is 1. The summed E-state index contributed by atoms with van der Waals surface area (Å²) in [6, 6.07) is 18.1. The Hall–Kier alpha value is -1.58. The molecule has 0 spiro atoms. The summed E-state index contributed by atoms with van der Waals surface area (Å²) < 4.78 is 0. The summed E-state index contributed by atoms with van der Waals surface area (Å²) in [6.45, 7) is 0. The van der Waals surface area contributed by atoms with Crippen LogP contribution in [0.2, 0.25) is 0 Å². The van der Waals surface area contributed by atoms with Gasteiger partial charge in [-0.3, -0.25) is 4.99 Å². The molecule has 1 aliphatic rings. The van der Waals surface area contributed by atoms with Crippen molar-refractivity contribution in [1.29, 1.82) is 0 Å². The first-order valence-electron chi connectivity index (χ1n) is 5.87. The maximum atomic E-state index is 10.2. The van der Waals surface area contributed by atoms with Gasteiger partial charge in [0.1, 0.15) is 6.10 Å². The average molecular weight is 255 g/mol. The van der Waals surface area contributed by atoms with E-state index >= 15 is 0 Å². The number of para-hydroxylation sites is 1. The molecule has 2 atom stereocenters. The van der Waals surface area contributed by atoms with Gasteiger partial charge in [0, 0.05) is 11.1 Å². The highest BCUT2D eigenvalue weighted by atomic mass is 32.2. The molecule has 2 nitrogen and oxygen atoms in total. The largest absolute Gasteiger partial charge is 0.386 e. The van der Waals surface area contributed by atoms with Gasteiger partial charge in [0.2, 0.25) is 0 Å². The first kappa shape index (κ1) is 11.5. The number of hydrogen-bond donors (Lipinski definition) is 1. The minimum Gasteiger partial charge on any atom is -0.386 e. The van der Waals surface area contributed by atoms with Gasteiger partial charge in [-0.2, -0.15) is 0 Å². The van der Waals surface area contributed by atoms with Gasteiger partial charge in [0.05, 0.1) is 10.9 Å². The van der Waals surface area contributed by atoms with Crippen LogP contribution < -0.4 is 0 Å². The minimum absolute atomic E-state index is 0.00130. The zero-order valence-corrected chi connectivity index (χ0v) is 10.5. The third kappa shape index (κ3) is 2.19. The standard InChI is InChI=1S/C15H13NOS/c17-13-10-16-12-8-4-5-9-14(12)18-15(13)11-6-2-1-3-7-11/h1-10,13,15,17H/t13-,15-/m1/s1. The molecule has 2 aromatic rings. The SMILES string of the molecule is O[C@@H]1C=Nc2ccccc2S[C@@H]1c1ccccc1. The summed E-state index contributed by atoms with van der Waals surface area (Å²) in [5.41, 5.74) is 2.05. The molecule has 0 bridgehead atoms. The van der Waals surface area contributed by atoms with Gasteiger partial charge in [-0.15, -0.1) is 11.8 Å². The second-order valence-electron chi connectivity index (χ2n) is 4.19. The topological polar surface area (TPSA) is 32.6 Å². The van der Waals surface area contributed by atoms with E-state index in [1.54, 1.807) is 18.0 Å². The number of benzene rings is 2. The lowest BCUT2D eigenvalue weighted by Gasteiger charge is -2.18. The molecule has 1 aliphatic heterocycles. The van der Waals surface area contributed by atoms with Crippen molar-refractivity contribution in [1.82, 2.24) is 0 Å². The predicted molar refractivity (Wildman–Crippen MR) is 75.6 cm³/mol. The fourth-order valence-corrected chi connectivity index (χ4v) is 3.19. The number of hydrogen-bond acceptors (Lipinski definition) is 3. The molecule has 0 unspecified atom stereocenters. The highest BCUT2D eigenvalue weighted by molar-refractivity contribution is 7.99. The van der Waals surface area contributed by atoms with Gasteiger partial charge in [0.25, 0.3) is 0 Å². The molecule has 3 rings (SSSR count). The Balaban J connectivity index is 2.01. The van der Waals surface area contributed by atoms with Crippen LogP contribution in [0.3, 0.4) is 0 Å². The van der Waals surface area contributed by atoms with Crippen molar-refractivity contribution in [3.63, 3.8) is 0 Å². The van der Waals surface area contributed by atoms with Crippen molar-refractivity contribution in [2.24, 2.45) is 4.99 Å². The van der Waals surface area contributed by atoms with E-state index in [0.717, 1.165) is 16.1 Å². The third-order valence-corrected chi connectivity index (χ3v) is 4.33. The van der Waals surface area contributed by atoms with Crippen LogP contribution in [0, 0.1) is 0 Å². The fourth-order valence-electron chi connectivity index (χ4n) is 2.01. The smallest absolute Gasteiger partial charge is 0.105 e.